The third kappa shape index (κ3) is 12.7. The first-order chi connectivity index (χ1) is 27.2. The summed E-state index contributed by atoms with van der Waals surface area (Å²) in [5, 5.41) is 11.7. The fourth-order valence-corrected chi connectivity index (χ4v) is 5.99. The first kappa shape index (κ1) is 43.5. The SMILES string of the molecule is CCCC(C)Oc1nc(N)c([N+](=O)[O-])c(N(CC(=O)OCC)Cc2ccc(C)nc2)n1.CCCC(C)Oc1nc(N)c2c(n1)N(Cc1ccc(C)nc1)CC(=O)C2. The van der Waals surface area contributed by atoms with E-state index in [1.165, 1.54) is 4.90 Å². The summed E-state index contributed by atoms with van der Waals surface area (Å²) < 4.78 is 16.6. The molecule has 0 spiro atoms. The highest BCUT2D eigenvalue weighted by Crippen LogP contribution is 2.34. The number of hydrogen-bond donors (Lipinski definition) is 2. The highest BCUT2D eigenvalue weighted by atomic mass is 16.6. The molecule has 1 aliphatic heterocycles. The number of esters is 1. The highest BCUT2D eigenvalue weighted by molar-refractivity contribution is 5.91. The number of fused-ring (bicyclic) bond motifs is 1. The van der Waals surface area contributed by atoms with Gasteiger partial charge in [-0.2, -0.15) is 19.9 Å². The first-order valence-electron chi connectivity index (χ1n) is 19.0. The normalized spacial score (nSPS) is 13.1. The minimum atomic E-state index is -0.671. The Morgan fingerprint density at radius 1 is 0.895 bits per heavy atom. The van der Waals surface area contributed by atoms with E-state index in [-0.39, 0.29) is 67.8 Å². The zero-order valence-electron chi connectivity index (χ0n) is 33.7. The molecule has 0 fully saturated rings. The first-order valence-corrected chi connectivity index (χ1v) is 19.0. The Kier molecular flexibility index (Phi) is 15.8. The van der Waals surface area contributed by atoms with E-state index in [2.05, 4.69) is 36.8 Å². The quantitative estimate of drug-likeness (QED) is 0.0787. The topological polar surface area (TPSA) is 241 Å². The number of aryl methyl sites for hydroxylation is 2. The molecule has 0 radical (unpaired) electrons. The van der Waals surface area contributed by atoms with Crippen molar-refractivity contribution >= 4 is 40.7 Å². The number of carbonyl (C=O) groups excluding carboxylic acids is 2. The van der Waals surface area contributed by atoms with Gasteiger partial charge in [-0.1, -0.05) is 38.8 Å². The summed E-state index contributed by atoms with van der Waals surface area (Å²) in [4.78, 5) is 64.4. The molecule has 5 rings (SSSR count). The smallest absolute Gasteiger partial charge is 0.353 e. The Labute approximate surface area is 332 Å². The molecule has 1 aliphatic rings. The molecule has 57 heavy (non-hydrogen) atoms. The van der Waals surface area contributed by atoms with E-state index in [1.807, 2.05) is 70.0 Å². The molecule has 0 bridgehead atoms. The highest BCUT2D eigenvalue weighted by Gasteiger charge is 2.31. The van der Waals surface area contributed by atoms with Crippen molar-refractivity contribution in [3.05, 3.63) is 74.9 Å². The van der Waals surface area contributed by atoms with Crippen LogP contribution in [0.1, 0.15) is 88.4 Å². The van der Waals surface area contributed by atoms with Crippen LogP contribution in [0.5, 0.6) is 12.0 Å². The van der Waals surface area contributed by atoms with Crippen molar-refractivity contribution in [3.8, 4) is 12.0 Å². The summed E-state index contributed by atoms with van der Waals surface area (Å²) in [5.74, 6) is 0.0660. The second kappa shape index (κ2) is 20.6. The van der Waals surface area contributed by atoms with Crippen LogP contribution >= 0.6 is 0 Å². The number of nitrogens with two attached hydrogens (primary N) is 2. The number of aromatic nitrogens is 6. The molecule has 4 aromatic heterocycles. The van der Waals surface area contributed by atoms with E-state index < -0.39 is 16.6 Å². The van der Waals surface area contributed by atoms with Gasteiger partial charge >= 0.3 is 23.7 Å². The van der Waals surface area contributed by atoms with Gasteiger partial charge < -0.3 is 35.5 Å². The van der Waals surface area contributed by atoms with Gasteiger partial charge in [-0.15, -0.1) is 0 Å². The van der Waals surface area contributed by atoms with Gasteiger partial charge in [-0.3, -0.25) is 29.7 Å². The van der Waals surface area contributed by atoms with E-state index in [0.717, 1.165) is 48.2 Å². The van der Waals surface area contributed by atoms with Crippen LogP contribution in [-0.4, -0.2) is 78.5 Å². The summed E-state index contributed by atoms with van der Waals surface area (Å²) >= 11 is 0. The number of hydrogen-bond acceptors (Lipinski definition) is 17. The van der Waals surface area contributed by atoms with Crippen molar-refractivity contribution in [2.45, 2.75) is 106 Å². The predicted molar refractivity (Wildman–Crippen MR) is 215 cm³/mol. The zero-order chi connectivity index (χ0) is 41.6. The van der Waals surface area contributed by atoms with Crippen LogP contribution in [0.3, 0.4) is 0 Å². The molecular weight excluding hydrogens is 734 g/mol. The van der Waals surface area contributed by atoms with Crippen LogP contribution in [0.15, 0.2) is 36.7 Å². The van der Waals surface area contributed by atoms with E-state index in [4.69, 9.17) is 25.7 Å². The van der Waals surface area contributed by atoms with Crippen molar-refractivity contribution in [2.75, 3.05) is 41.0 Å². The van der Waals surface area contributed by atoms with Crippen LogP contribution in [0.4, 0.5) is 29.0 Å². The Bertz CT molecular complexity index is 1980. The number of carbonyl (C=O) groups is 2. The summed E-state index contributed by atoms with van der Waals surface area (Å²) in [5.41, 5.74) is 15.7. The molecule has 2 atom stereocenters. The molecule has 0 amide bonds. The molecule has 0 aliphatic carbocycles. The number of rotatable bonds is 17. The van der Waals surface area contributed by atoms with E-state index in [9.17, 15) is 19.7 Å². The summed E-state index contributed by atoms with van der Waals surface area (Å²) in [6, 6.07) is 7.77. The molecule has 0 saturated heterocycles. The van der Waals surface area contributed by atoms with Crippen LogP contribution < -0.4 is 30.7 Å². The number of pyridine rings is 2. The molecule has 2 unspecified atom stereocenters. The predicted octanol–water partition coefficient (Wildman–Crippen LogP) is 5.27. The lowest BCUT2D eigenvalue weighted by molar-refractivity contribution is -0.383. The number of ketones is 1. The zero-order valence-corrected chi connectivity index (χ0v) is 33.7. The summed E-state index contributed by atoms with van der Waals surface area (Å²) in [6.07, 6.45) is 7.07. The van der Waals surface area contributed by atoms with E-state index in [0.29, 0.717) is 30.3 Å². The van der Waals surface area contributed by atoms with Gasteiger partial charge in [0, 0.05) is 48.9 Å². The number of ether oxygens (including phenoxy) is 3. The number of nitrogen functional groups attached to an aromatic ring is 2. The van der Waals surface area contributed by atoms with Gasteiger partial charge in [0.25, 0.3) is 0 Å². The molecule has 0 aromatic carbocycles. The summed E-state index contributed by atoms with van der Waals surface area (Å²) in [7, 11) is 0. The molecule has 18 nitrogen and oxygen atoms in total. The lowest BCUT2D eigenvalue weighted by Gasteiger charge is -2.30. The second-order valence-corrected chi connectivity index (χ2v) is 13.8. The average Bonchev–Trinajstić information content (AvgIpc) is 3.14. The molecule has 306 valence electrons. The van der Waals surface area contributed by atoms with Gasteiger partial charge in [0.05, 0.1) is 30.3 Å². The minimum absolute atomic E-state index is 0.0115. The Morgan fingerprint density at radius 2 is 1.47 bits per heavy atom. The van der Waals surface area contributed by atoms with Crippen LogP contribution in [0.2, 0.25) is 0 Å². The Balaban J connectivity index is 0.000000256. The largest absolute Gasteiger partial charge is 0.465 e. The molecule has 18 heteroatoms. The third-order valence-corrected chi connectivity index (χ3v) is 8.71. The van der Waals surface area contributed by atoms with E-state index in [1.54, 1.807) is 13.1 Å². The molecular formula is C39H53N11O7. The number of Topliss-reactive ketones (excluding diaryl/α,β-unsaturated/α-hetero) is 1. The fraction of sp³-hybridized carbons (Fsp3) is 0.487. The maximum Gasteiger partial charge on any atom is 0.353 e. The lowest BCUT2D eigenvalue weighted by Crippen LogP contribution is -2.37. The van der Waals surface area contributed by atoms with Crippen molar-refractivity contribution in [3.63, 3.8) is 0 Å². The maximum atomic E-state index is 12.2. The van der Waals surface area contributed by atoms with Crippen molar-refractivity contribution in [1.29, 1.82) is 0 Å². The van der Waals surface area contributed by atoms with Crippen molar-refractivity contribution < 1.29 is 28.7 Å². The molecule has 4 N–H and O–H groups in total. The van der Waals surface area contributed by atoms with Crippen molar-refractivity contribution in [2.24, 2.45) is 0 Å². The Morgan fingerprint density at radius 3 is 2.02 bits per heavy atom. The molecule has 5 heterocycles. The minimum Gasteiger partial charge on any atom is -0.465 e. The Hall–Kier alpha value is -6.20. The molecule has 0 saturated carbocycles. The van der Waals surface area contributed by atoms with Gasteiger partial charge in [0.2, 0.25) is 11.6 Å². The fourth-order valence-electron chi connectivity index (χ4n) is 5.99. The average molecular weight is 788 g/mol. The van der Waals surface area contributed by atoms with Crippen LogP contribution in [0, 0.1) is 24.0 Å². The number of nitrogens with zero attached hydrogens (tertiary/aromatic N) is 9. The van der Waals surface area contributed by atoms with Gasteiger partial charge in [-0.05, 0) is 70.7 Å². The molecule has 4 aromatic rings. The van der Waals surface area contributed by atoms with Gasteiger partial charge in [0.15, 0.2) is 5.78 Å². The second-order valence-electron chi connectivity index (χ2n) is 13.8. The lowest BCUT2D eigenvalue weighted by atomic mass is 10.0. The van der Waals surface area contributed by atoms with Crippen LogP contribution in [0.25, 0.3) is 0 Å². The monoisotopic (exact) mass is 787 g/mol. The van der Waals surface area contributed by atoms with Crippen molar-refractivity contribution in [1.82, 2.24) is 29.9 Å². The van der Waals surface area contributed by atoms with E-state index >= 15 is 0 Å². The maximum absolute atomic E-state index is 12.2. The van der Waals surface area contributed by atoms with Crippen LogP contribution in [-0.2, 0) is 33.8 Å². The van der Waals surface area contributed by atoms with Gasteiger partial charge in [0.1, 0.15) is 18.2 Å². The summed E-state index contributed by atoms with van der Waals surface area (Å²) in [6.45, 7) is 14.3. The number of anilines is 4. The number of nitro groups is 1. The third-order valence-electron chi connectivity index (χ3n) is 8.71. The van der Waals surface area contributed by atoms with Gasteiger partial charge in [-0.25, -0.2) is 0 Å². The standard InChI is InChI=1S/C20H28N6O5.C19H25N5O2/c1-5-7-14(4)31-20-23-18(21)17(26(28)29)19(24-20)25(12-16(27)30-6-2)11-15-9-8-13(3)22-10-15;1-4-5-13(3)26-19-22-17(20)16-8-15(25)11-24(18(16)23-19)10-14-7-6-12(2)21-9-14/h8-10,14H,5-7,11-12H2,1-4H3,(H2,21,23,24);6-7,9,13H,4-5,8,10-11H2,1-3H3,(H2,20,22,23).